The first-order chi connectivity index (χ1) is 8.67. The zero-order valence-corrected chi connectivity index (χ0v) is 12.3. The van der Waals surface area contributed by atoms with Gasteiger partial charge in [0.15, 0.2) is 5.96 Å². The highest BCUT2D eigenvalue weighted by atomic mass is 32.1. The summed E-state index contributed by atoms with van der Waals surface area (Å²) in [6, 6.07) is 2.55. The van der Waals surface area contributed by atoms with E-state index >= 15 is 0 Å². The number of nitrogens with one attached hydrogen (secondary N) is 2. The van der Waals surface area contributed by atoms with Crippen LogP contribution in [0.25, 0.3) is 0 Å². The number of nitrogens with zero attached hydrogens (tertiary/aromatic N) is 2. The third-order valence-corrected chi connectivity index (χ3v) is 3.79. The van der Waals surface area contributed by atoms with Gasteiger partial charge in [-0.1, -0.05) is 0 Å². The van der Waals surface area contributed by atoms with Gasteiger partial charge in [-0.05, 0) is 43.7 Å². The molecule has 2 N–H and O–H groups in total. The van der Waals surface area contributed by atoms with Crippen molar-refractivity contribution >= 4 is 23.6 Å². The van der Waals surface area contributed by atoms with Crippen molar-refractivity contribution in [2.24, 2.45) is 9.98 Å². The molecule has 0 aliphatic heterocycles. The minimum atomic E-state index is 0.378. The first kappa shape index (κ1) is 14.7. The zero-order chi connectivity index (χ0) is 13.4. The number of aryl methyl sites for hydroxylation is 2. The van der Waals surface area contributed by atoms with Crippen LogP contribution < -0.4 is 10.6 Å². The lowest BCUT2D eigenvalue weighted by Gasteiger charge is -2.16. The van der Waals surface area contributed by atoms with Crippen LogP contribution in [0.4, 0.5) is 0 Å². The third kappa shape index (κ3) is 4.87. The molecule has 1 unspecified atom stereocenters. The van der Waals surface area contributed by atoms with E-state index < -0.39 is 0 Å². The predicted molar refractivity (Wildman–Crippen MR) is 80.9 cm³/mol. The van der Waals surface area contributed by atoms with Gasteiger partial charge in [-0.15, -0.1) is 11.3 Å². The lowest BCUT2D eigenvalue weighted by Crippen LogP contribution is -2.41. The molecule has 1 atom stereocenters. The molecule has 100 valence electrons. The summed E-state index contributed by atoms with van der Waals surface area (Å²) in [5.74, 6) is 0.760. The molecule has 0 radical (unpaired) electrons. The van der Waals surface area contributed by atoms with Gasteiger partial charge in [-0.3, -0.25) is 9.98 Å². The van der Waals surface area contributed by atoms with E-state index in [9.17, 15) is 0 Å². The Bertz CT molecular complexity index is 409. The topological polar surface area (TPSA) is 48.8 Å². The molecular formula is C13H22N4S. The van der Waals surface area contributed by atoms with Gasteiger partial charge in [-0.2, -0.15) is 0 Å². The summed E-state index contributed by atoms with van der Waals surface area (Å²) in [4.78, 5) is 9.48. The first-order valence-corrected chi connectivity index (χ1v) is 6.98. The third-order valence-electron chi connectivity index (χ3n) is 2.71. The van der Waals surface area contributed by atoms with Crippen LogP contribution in [0, 0.1) is 6.92 Å². The molecule has 4 nitrogen and oxygen atoms in total. The largest absolute Gasteiger partial charge is 0.354 e. The van der Waals surface area contributed by atoms with Gasteiger partial charge in [-0.25, -0.2) is 0 Å². The lowest BCUT2D eigenvalue weighted by molar-refractivity contribution is 0.603. The molecule has 18 heavy (non-hydrogen) atoms. The molecule has 0 aromatic carbocycles. The van der Waals surface area contributed by atoms with E-state index in [0.29, 0.717) is 6.04 Å². The number of aliphatic imine (C=N–C) groups is 2. The average Bonchev–Trinajstić information content (AvgIpc) is 2.77. The van der Waals surface area contributed by atoms with E-state index in [1.165, 1.54) is 10.4 Å². The Morgan fingerprint density at radius 1 is 1.50 bits per heavy atom. The Hall–Kier alpha value is -1.36. The summed E-state index contributed by atoms with van der Waals surface area (Å²) >= 11 is 1.84. The van der Waals surface area contributed by atoms with Crippen molar-refractivity contribution < 1.29 is 0 Å². The van der Waals surface area contributed by atoms with Gasteiger partial charge in [0.1, 0.15) is 0 Å². The normalized spacial score (nSPS) is 13.9. The second-order valence-corrected chi connectivity index (χ2v) is 5.22. The number of hydrogen-bond donors (Lipinski definition) is 2. The summed E-state index contributed by atoms with van der Waals surface area (Å²) in [6.45, 7) is 4.33. The van der Waals surface area contributed by atoms with Crippen LogP contribution in [-0.4, -0.2) is 32.4 Å². The lowest BCUT2D eigenvalue weighted by atomic mass is 10.1. The summed E-state index contributed by atoms with van der Waals surface area (Å²) in [6.07, 6.45) is 3.83. The summed E-state index contributed by atoms with van der Waals surface area (Å²) in [5.41, 5.74) is 1.40. The van der Waals surface area contributed by atoms with E-state index in [4.69, 9.17) is 0 Å². The van der Waals surface area contributed by atoms with E-state index in [-0.39, 0.29) is 0 Å². The first-order valence-electron chi connectivity index (χ1n) is 6.10. The summed E-state index contributed by atoms with van der Waals surface area (Å²) in [5, 5.41) is 8.49. The zero-order valence-electron chi connectivity index (χ0n) is 11.5. The molecule has 1 heterocycles. The smallest absolute Gasteiger partial charge is 0.196 e. The molecule has 0 saturated carbocycles. The van der Waals surface area contributed by atoms with Crippen molar-refractivity contribution in [3.05, 3.63) is 21.9 Å². The molecular weight excluding hydrogens is 244 g/mol. The minimum absolute atomic E-state index is 0.378. The molecule has 5 heteroatoms. The van der Waals surface area contributed by atoms with E-state index in [0.717, 1.165) is 18.8 Å². The minimum Gasteiger partial charge on any atom is -0.354 e. The molecule has 0 bridgehead atoms. The Balaban J connectivity index is 2.37. The second-order valence-electron chi connectivity index (χ2n) is 4.21. The molecule has 0 fully saturated rings. The Morgan fingerprint density at radius 2 is 2.28 bits per heavy atom. The van der Waals surface area contributed by atoms with Crippen molar-refractivity contribution in [3.8, 4) is 0 Å². The van der Waals surface area contributed by atoms with Crippen molar-refractivity contribution in [3.63, 3.8) is 0 Å². The molecule has 0 aliphatic carbocycles. The van der Waals surface area contributed by atoms with Gasteiger partial charge in [0, 0.05) is 25.0 Å². The van der Waals surface area contributed by atoms with Crippen LogP contribution in [0.15, 0.2) is 21.4 Å². The molecule has 0 amide bonds. The van der Waals surface area contributed by atoms with Crippen LogP contribution in [0.2, 0.25) is 0 Å². The molecule has 1 aromatic rings. The van der Waals surface area contributed by atoms with E-state index in [2.05, 4.69) is 45.9 Å². The molecule has 0 saturated heterocycles. The van der Waals surface area contributed by atoms with Crippen molar-refractivity contribution in [1.29, 1.82) is 0 Å². The van der Waals surface area contributed by atoms with Gasteiger partial charge < -0.3 is 10.6 Å². The standard InChI is InChI=1S/C13H22N4S/c1-10-7-8-18-12(10)6-5-11(2)17-13(15-4)16-9-14-3/h7-9,11H,5-6H2,1-4H3,(H2,14,15,16,17). The fourth-order valence-corrected chi connectivity index (χ4v) is 2.54. The van der Waals surface area contributed by atoms with E-state index in [1.807, 2.05) is 11.3 Å². The van der Waals surface area contributed by atoms with Crippen LogP contribution in [0.3, 0.4) is 0 Å². The SMILES string of the molecule is CN=CNC(=NC)NC(C)CCc1sccc1C. The number of rotatable bonds is 5. The second kappa shape index (κ2) is 7.87. The van der Waals surface area contributed by atoms with Crippen molar-refractivity contribution in [2.75, 3.05) is 14.1 Å². The average molecular weight is 266 g/mol. The van der Waals surface area contributed by atoms with Gasteiger partial charge in [0.05, 0.1) is 6.34 Å². The maximum Gasteiger partial charge on any atom is 0.196 e. The molecule has 1 rings (SSSR count). The highest BCUT2D eigenvalue weighted by molar-refractivity contribution is 7.10. The quantitative estimate of drug-likeness (QED) is 0.634. The molecule has 0 spiro atoms. The van der Waals surface area contributed by atoms with Crippen LogP contribution >= 0.6 is 11.3 Å². The highest BCUT2D eigenvalue weighted by Crippen LogP contribution is 2.17. The fourth-order valence-electron chi connectivity index (χ4n) is 1.61. The summed E-state index contributed by atoms with van der Waals surface area (Å²) < 4.78 is 0. The Morgan fingerprint density at radius 3 is 2.83 bits per heavy atom. The predicted octanol–water partition coefficient (Wildman–Crippen LogP) is 2.20. The number of guanidine groups is 1. The van der Waals surface area contributed by atoms with Crippen LogP contribution in [-0.2, 0) is 6.42 Å². The van der Waals surface area contributed by atoms with Crippen LogP contribution in [0.1, 0.15) is 23.8 Å². The van der Waals surface area contributed by atoms with Crippen LogP contribution in [0.5, 0.6) is 0 Å². The van der Waals surface area contributed by atoms with Gasteiger partial charge in [0.25, 0.3) is 0 Å². The Labute approximate surface area is 113 Å². The molecule has 0 aliphatic rings. The highest BCUT2D eigenvalue weighted by Gasteiger charge is 2.06. The van der Waals surface area contributed by atoms with Gasteiger partial charge in [0.2, 0.25) is 0 Å². The molecule has 1 aromatic heterocycles. The van der Waals surface area contributed by atoms with Crippen molar-refractivity contribution in [2.45, 2.75) is 32.7 Å². The number of thiophene rings is 1. The monoisotopic (exact) mass is 266 g/mol. The number of hydrogen-bond acceptors (Lipinski definition) is 3. The Kier molecular flexibility index (Phi) is 6.43. The van der Waals surface area contributed by atoms with Gasteiger partial charge >= 0.3 is 0 Å². The maximum absolute atomic E-state index is 4.13. The van der Waals surface area contributed by atoms with E-state index in [1.54, 1.807) is 20.4 Å². The summed E-state index contributed by atoms with van der Waals surface area (Å²) in [7, 11) is 3.48. The fraction of sp³-hybridized carbons (Fsp3) is 0.538. The maximum atomic E-state index is 4.13. The van der Waals surface area contributed by atoms with Crippen molar-refractivity contribution in [1.82, 2.24) is 10.6 Å².